The summed E-state index contributed by atoms with van der Waals surface area (Å²) in [6.45, 7) is 7.12. The van der Waals surface area contributed by atoms with Crippen LogP contribution < -0.4 is 5.32 Å². The van der Waals surface area contributed by atoms with Gasteiger partial charge in [0, 0.05) is 0 Å². The second-order valence-electron chi connectivity index (χ2n) is 18.7. The summed E-state index contributed by atoms with van der Waals surface area (Å²) in [6.07, 6.45) is 73.7. The second kappa shape index (κ2) is 54.0. The maximum Gasteiger partial charge on any atom is -0.00489 e. The number of unbranched alkanes of at least 4 members (excludes halogenated alkanes) is 48. The van der Waals surface area contributed by atoms with Gasteiger partial charge in [0.2, 0.25) is 0 Å². The van der Waals surface area contributed by atoms with Crippen LogP contribution in [0.5, 0.6) is 0 Å². The van der Waals surface area contributed by atoms with Crippen LogP contribution in [0.15, 0.2) is 0 Å². The number of nitrogens with one attached hydrogen (secondary N) is 1. The summed E-state index contributed by atoms with van der Waals surface area (Å²) in [5.41, 5.74) is 0. The monoisotopic (exact) mass is 774 g/mol. The molecule has 0 rings (SSSR count). The van der Waals surface area contributed by atoms with E-state index >= 15 is 0 Å². The molecule has 332 valence electrons. The van der Waals surface area contributed by atoms with Gasteiger partial charge in [-0.15, -0.1) is 0 Å². The summed E-state index contributed by atoms with van der Waals surface area (Å²) in [6, 6.07) is 0. The lowest BCUT2D eigenvalue weighted by atomic mass is 10.0. The van der Waals surface area contributed by atoms with Gasteiger partial charge in [-0.1, -0.05) is 322 Å². The zero-order valence-corrected chi connectivity index (χ0v) is 39.3. The van der Waals surface area contributed by atoms with Crippen LogP contribution >= 0.6 is 0 Å². The predicted molar refractivity (Wildman–Crippen MR) is 255 cm³/mol. The van der Waals surface area contributed by atoms with Crippen molar-refractivity contribution in [3.8, 4) is 0 Å². The van der Waals surface area contributed by atoms with E-state index in [2.05, 4.69) is 19.2 Å². The first kappa shape index (κ1) is 55.0. The molecule has 0 unspecified atom stereocenters. The highest BCUT2D eigenvalue weighted by molar-refractivity contribution is 4.55. The van der Waals surface area contributed by atoms with Crippen LogP contribution in [0.25, 0.3) is 0 Å². The summed E-state index contributed by atoms with van der Waals surface area (Å²) in [7, 11) is 0. The third-order valence-electron chi connectivity index (χ3n) is 12.9. The van der Waals surface area contributed by atoms with Crippen LogP contribution in [0, 0.1) is 0 Å². The van der Waals surface area contributed by atoms with Crippen molar-refractivity contribution in [3.63, 3.8) is 0 Å². The van der Waals surface area contributed by atoms with Crippen molar-refractivity contribution in [2.45, 2.75) is 335 Å². The van der Waals surface area contributed by atoms with E-state index in [1.165, 1.54) is 334 Å². The Balaban J connectivity index is 3.05. The Kier molecular flexibility index (Phi) is 53.9. The zero-order valence-electron chi connectivity index (χ0n) is 39.3. The fraction of sp³-hybridized carbons (Fsp3) is 1.00. The molecule has 0 bridgehead atoms. The fourth-order valence-electron chi connectivity index (χ4n) is 8.90. The van der Waals surface area contributed by atoms with Crippen molar-refractivity contribution in [1.29, 1.82) is 0 Å². The van der Waals surface area contributed by atoms with Crippen LogP contribution in [0.1, 0.15) is 335 Å². The Morgan fingerprint density at radius 3 is 0.382 bits per heavy atom. The van der Waals surface area contributed by atoms with Crippen LogP contribution in [-0.4, -0.2) is 13.1 Å². The van der Waals surface area contributed by atoms with Gasteiger partial charge in [-0.05, 0) is 25.9 Å². The lowest BCUT2D eigenvalue weighted by molar-refractivity contribution is 0.510. The molecule has 0 aliphatic carbocycles. The number of hydrogen-bond donors (Lipinski definition) is 1. The Morgan fingerprint density at radius 1 is 0.145 bits per heavy atom. The lowest BCUT2D eigenvalue weighted by Crippen LogP contribution is -2.16. The maximum atomic E-state index is 3.72. The average Bonchev–Trinajstić information content (AvgIpc) is 3.20. The third kappa shape index (κ3) is 54.0. The summed E-state index contributed by atoms with van der Waals surface area (Å²) >= 11 is 0. The molecule has 0 fully saturated rings. The van der Waals surface area contributed by atoms with Gasteiger partial charge < -0.3 is 5.32 Å². The molecule has 1 N–H and O–H groups in total. The maximum absolute atomic E-state index is 3.72. The van der Waals surface area contributed by atoms with Crippen LogP contribution in [0.3, 0.4) is 0 Å². The molecule has 0 aromatic heterocycles. The van der Waals surface area contributed by atoms with Crippen molar-refractivity contribution in [2.75, 3.05) is 13.1 Å². The molecule has 0 heterocycles. The Morgan fingerprint density at radius 2 is 0.255 bits per heavy atom. The van der Waals surface area contributed by atoms with Crippen LogP contribution in [0.4, 0.5) is 0 Å². The molecule has 0 atom stereocenters. The Bertz CT molecular complexity index is 562. The van der Waals surface area contributed by atoms with Crippen LogP contribution in [-0.2, 0) is 0 Å². The highest BCUT2D eigenvalue weighted by Gasteiger charge is 1.99. The van der Waals surface area contributed by atoms with E-state index in [4.69, 9.17) is 0 Å². The second-order valence-corrected chi connectivity index (χ2v) is 18.7. The quantitative estimate of drug-likeness (QED) is 0.0607. The van der Waals surface area contributed by atoms with Gasteiger partial charge in [-0.2, -0.15) is 0 Å². The normalized spacial score (nSPS) is 11.7. The summed E-state index contributed by atoms with van der Waals surface area (Å²) in [4.78, 5) is 0. The SMILES string of the molecule is CCCCCCCCCCCCCCCCCCCCCCCCCCCCCCCCNCCCCCCCCCCCCCCCCCCCCCC. The lowest BCUT2D eigenvalue weighted by Gasteiger charge is -2.06. The van der Waals surface area contributed by atoms with E-state index in [0.717, 1.165) is 0 Å². The molecule has 0 aromatic rings. The molecular weight excluding hydrogens is 663 g/mol. The topological polar surface area (TPSA) is 12.0 Å². The molecule has 0 spiro atoms. The minimum atomic E-state index is 1.25. The summed E-state index contributed by atoms with van der Waals surface area (Å²) in [5.74, 6) is 0. The van der Waals surface area contributed by atoms with Gasteiger partial charge in [-0.25, -0.2) is 0 Å². The van der Waals surface area contributed by atoms with E-state index in [0.29, 0.717) is 0 Å². The van der Waals surface area contributed by atoms with Gasteiger partial charge in [-0.3, -0.25) is 0 Å². The first-order valence-electron chi connectivity index (χ1n) is 27.1. The molecule has 0 aromatic carbocycles. The van der Waals surface area contributed by atoms with E-state index < -0.39 is 0 Å². The van der Waals surface area contributed by atoms with Crippen molar-refractivity contribution < 1.29 is 0 Å². The number of rotatable bonds is 52. The highest BCUT2D eigenvalue weighted by Crippen LogP contribution is 2.18. The highest BCUT2D eigenvalue weighted by atomic mass is 14.8. The van der Waals surface area contributed by atoms with Gasteiger partial charge in [0.05, 0.1) is 0 Å². The van der Waals surface area contributed by atoms with Crippen LogP contribution in [0.2, 0.25) is 0 Å². The molecule has 0 saturated carbocycles. The fourth-order valence-corrected chi connectivity index (χ4v) is 8.90. The van der Waals surface area contributed by atoms with Crippen molar-refractivity contribution in [3.05, 3.63) is 0 Å². The number of hydrogen-bond acceptors (Lipinski definition) is 1. The smallest absolute Gasteiger partial charge is 0.00489 e. The minimum Gasteiger partial charge on any atom is -0.317 e. The Labute approximate surface area is 352 Å². The van der Waals surface area contributed by atoms with E-state index in [9.17, 15) is 0 Å². The van der Waals surface area contributed by atoms with E-state index in [1.54, 1.807) is 0 Å². The average molecular weight is 774 g/mol. The molecule has 0 radical (unpaired) electrons. The van der Waals surface area contributed by atoms with Gasteiger partial charge in [0.1, 0.15) is 0 Å². The van der Waals surface area contributed by atoms with E-state index in [-0.39, 0.29) is 0 Å². The molecule has 0 aliphatic heterocycles. The molecular formula is C54H111N. The molecule has 55 heavy (non-hydrogen) atoms. The van der Waals surface area contributed by atoms with Crippen molar-refractivity contribution in [1.82, 2.24) is 5.32 Å². The summed E-state index contributed by atoms with van der Waals surface area (Å²) < 4.78 is 0. The van der Waals surface area contributed by atoms with Gasteiger partial charge in [0.15, 0.2) is 0 Å². The first-order chi connectivity index (χ1) is 27.4. The molecule has 1 heteroatoms. The van der Waals surface area contributed by atoms with Gasteiger partial charge in [0.25, 0.3) is 0 Å². The molecule has 1 nitrogen and oxygen atoms in total. The molecule has 0 saturated heterocycles. The van der Waals surface area contributed by atoms with Gasteiger partial charge >= 0.3 is 0 Å². The van der Waals surface area contributed by atoms with Crippen molar-refractivity contribution >= 4 is 0 Å². The summed E-state index contributed by atoms with van der Waals surface area (Å²) in [5, 5.41) is 3.72. The molecule has 0 aliphatic rings. The van der Waals surface area contributed by atoms with Crippen molar-refractivity contribution in [2.24, 2.45) is 0 Å². The molecule has 0 amide bonds. The third-order valence-corrected chi connectivity index (χ3v) is 12.9. The Hall–Kier alpha value is -0.0400. The minimum absolute atomic E-state index is 1.25. The standard InChI is InChI=1S/C54H111N/c1-3-5-7-9-11-13-15-17-19-21-23-25-26-27-28-29-30-31-32-33-34-36-38-40-42-44-46-48-50-52-54-55-53-51-49-47-45-43-41-39-37-35-24-22-20-18-16-14-12-10-8-6-4-2/h55H,3-54H2,1-2H3. The largest absolute Gasteiger partial charge is 0.317 e. The van der Waals surface area contributed by atoms with E-state index in [1.807, 2.05) is 0 Å². The zero-order chi connectivity index (χ0) is 39.5. The first-order valence-corrected chi connectivity index (χ1v) is 27.1. The predicted octanol–water partition coefficient (Wildman–Crippen LogP) is 20.1.